The molecule has 0 aromatic carbocycles. The van der Waals surface area contributed by atoms with Crippen LogP contribution < -0.4 is 0 Å². The topological polar surface area (TPSA) is 0 Å². The van der Waals surface area contributed by atoms with E-state index in [4.69, 9.17) is 0 Å². The summed E-state index contributed by atoms with van der Waals surface area (Å²) in [7, 11) is 0. The number of hydrogen-bond donors (Lipinski definition) is 0. The lowest BCUT2D eigenvalue weighted by Crippen LogP contribution is -1.78. The number of allylic oxidation sites excluding steroid dienone is 1. The molecule has 0 aromatic rings. The van der Waals surface area contributed by atoms with Crippen molar-refractivity contribution in [3.05, 3.63) is 12.2 Å². The van der Waals surface area contributed by atoms with Gasteiger partial charge in [0.05, 0.1) is 6.67 Å². The summed E-state index contributed by atoms with van der Waals surface area (Å²) in [5.74, 6) is 0. The minimum atomic E-state index is -0.187. The van der Waals surface area contributed by atoms with E-state index < -0.39 is 0 Å². The van der Waals surface area contributed by atoms with E-state index in [1.54, 1.807) is 0 Å². The van der Waals surface area contributed by atoms with Gasteiger partial charge in [-0.1, -0.05) is 5.57 Å². The first-order chi connectivity index (χ1) is 3.77. The summed E-state index contributed by atoms with van der Waals surface area (Å²) >= 11 is 0. The molecule has 0 rings (SSSR count). The molecular weight excluding hydrogens is 103 g/mol. The summed E-state index contributed by atoms with van der Waals surface area (Å²) < 4.78 is 11.4. The van der Waals surface area contributed by atoms with E-state index in [0.717, 1.165) is 18.4 Å². The Morgan fingerprint density at radius 2 is 2.12 bits per heavy atom. The zero-order chi connectivity index (χ0) is 6.41. The van der Waals surface area contributed by atoms with Crippen molar-refractivity contribution in [2.75, 3.05) is 6.67 Å². The molecule has 0 aromatic heterocycles. The van der Waals surface area contributed by atoms with Gasteiger partial charge in [-0.3, -0.25) is 4.39 Å². The molecule has 0 saturated heterocycles. The number of rotatable bonds is 4. The second kappa shape index (κ2) is 4.82. The third-order valence-corrected chi connectivity index (χ3v) is 0.987. The van der Waals surface area contributed by atoms with Crippen LogP contribution in [0.3, 0.4) is 0 Å². The molecule has 0 aliphatic carbocycles. The van der Waals surface area contributed by atoms with Gasteiger partial charge in [-0.15, -0.1) is 6.58 Å². The lowest BCUT2D eigenvalue weighted by Gasteiger charge is -1.93. The monoisotopic (exact) mass is 116 g/mol. The Morgan fingerprint density at radius 3 is 2.50 bits per heavy atom. The van der Waals surface area contributed by atoms with Crippen molar-refractivity contribution in [1.29, 1.82) is 0 Å². The molecule has 0 aliphatic heterocycles. The first-order valence-electron chi connectivity index (χ1n) is 2.97. The fraction of sp³-hybridized carbons (Fsp3) is 0.714. The van der Waals surface area contributed by atoms with Crippen molar-refractivity contribution in [1.82, 2.24) is 0 Å². The lowest BCUT2D eigenvalue weighted by atomic mass is 10.1. The van der Waals surface area contributed by atoms with Crippen molar-refractivity contribution < 1.29 is 4.39 Å². The largest absolute Gasteiger partial charge is 0.251 e. The normalized spacial score (nSPS) is 9.25. The molecule has 0 N–H and O–H groups in total. The van der Waals surface area contributed by atoms with Gasteiger partial charge in [-0.25, -0.2) is 0 Å². The van der Waals surface area contributed by atoms with E-state index in [1.165, 1.54) is 0 Å². The molecule has 0 aliphatic rings. The molecular formula is C7H13F. The van der Waals surface area contributed by atoms with Crippen LogP contribution in [-0.4, -0.2) is 6.67 Å². The van der Waals surface area contributed by atoms with Crippen molar-refractivity contribution in [3.8, 4) is 0 Å². The summed E-state index contributed by atoms with van der Waals surface area (Å²) in [5, 5.41) is 0. The molecule has 0 spiro atoms. The van der Waals surface area contributed by atoms with Crippen LogP contribution in [0.1, 0.15) is 26.2 Å². The zero-order valence-corrected chi connectivity index (χ0v) is 5.41. The Morgan fingerprint density at radius 1 is 1.50 bits per heavy atom. The SMILES string of the molecule is C=C(C)CCCCF. The van der Waals surface area contributed by atoms with Crippen LogP contribution in [0.25, 0.3) is 0 Å². The minimum absolute atomic E-state index is 0.187. The molecule has 0 radical (unpaired) electrons. The molecule has 0 nitrogen and oxygen atoms in total. The second-order valence-electron chi connectivity index (χ2n) is 2.10. The Hall–Kier alpha value is -0.330. The minimum Gasteiger partial charge on any atom is -0.251 e. The third-order valence-electron chi connectivity index (χ3n) is 0.987. The van der Waals surface area contributed by atoms with E-state index in [-0.39, 0.29) is 6.67 Å². The van der Waals surface area contributed by atoms with Gasteiger partial charge in [0, 0.05) is 0 Å². The quantitative estimate of drug-likeness (QED) is 0.391. The van der Waals surface area contributed by atoms with Gasteiger partial charge in [0.15, 0.2) is 0 Å². The van der Waals surface area contributed by atoms with Gasteiger partial charge in [0.25, 0.3) is 0 Å². The standard InChI is InChI=1S/C7H13F/c1-7(2)5-3-4-6-8/h1,3-6H2,2H3. The summed E-state index contributed by atoms with van der Waals surface area (Å²) in [6.45, 7) is 5.49. The van der Waals surface area contributed by atoms with E-state index >= 15 is 0 Å². The molecule has 1 heteroatoms. The van der Waals surface area contributed by atoms with E-state index in [0.29, 0.717) is 6.42 Å². The Labute approximate surface area is 50.4 Å². The second-order valence-corrected chi connectivity index (χ2v) is 2.10. The molecule has 0 amide bonds. The number of hydrogen-bond acceptors (Lipinski definition) is 0. The molecule has 0 atom stereocenters. The number of alkyl halides is 1. The van der Waals surface area contributed by atoms with Gasteiger partial charge in [-0.05, 0) is 26.2 Å². The van der Waals surface area contributed by atoms with Crippen molar-refractivity contribution in [3.63, 3.8) is 0 Å². The van der Waals surface area contributed by atoms with Crippen molar-refractivity contribution >= 4 is 0 Å². The predicted octanol–water partition coefficient (Wildman–Crippen LogP) is 2.70. The highest BCUT2D eigenvalue weighted by Gasteiger charge is 1.86. The highest BCUT2D eigenvalue weighted by Crippen LogP contribution is 2.02. The fourth-order valence-electron chi connectivity index (χ4n) is 0.521. The Kier molecular flexibility index (Phi) is 4.62. The molecule has 8 heavy (non-hydrogen) atoms. The molecule has 0 bridgehead atoms. The van der Waals surface area contributed by atoms with Crippen LogP contribution in [0.4, 0.5) is 4.39 Å². The van der Waals surface area contributed by atoms with Gasteiger partial charge >= 0.3 is 0 Å². The van der Waals surface area contributed by atoms with E-state index in [1.807, 2.05) is 6.92 Å². The maximum Gasteiger partial charge on any atom is 0.0894 e. The lowest BCUT2D eigenvalue weighted by molar-refractivity contribution is 0.462. The van der Waals surface area contributed by atoms with E-state index in [2.05, 4.69) is 6.58 Å². The predicted molar refractivity (Wildman–Crippen MR) is 34.6 cm³/mol. The zero-order valence-electron chi connectivity index (χ0n) is 5.41. The number of halogens is 1. The van der Waals surface area contributed by atoms with Crippen molar-refractivity contribution in [2.24, 2.45) is 0 Å². The molecule has 0 unspecified atom stereocenters. The van der Waals surface area contributed by atoms with Crippen molar-refractivity contribution in [2.45, 2.75) is 26.2 Å². The Balaban J connectivity index is 2.82. The van der Waals surface area contributed by atoms with Crippen LogP contribution in [-0.2, 0) is 0 Å². The van der Waals surface area contributed by atoms with Crippen LogP contribution >= 0.6 is 0 Å². The Bertz CT molecular complexity index is 66.8. The molecule has 48 valence electrons. The van der Waals surface area contributed by atoms with Gasteiger partial charge in [0.1, 0.15) is 0 Å². The maximum absolute atomic E-state index is 11.4. The average Bonchev–Trinajstić information content (AvgIpc) is 1.66. The van der Waals surface area contributed by atoms with Gasteiger partial charge in [-0.2, -0.15) is 0 Å². The third kappa shape index (κ3) is 5.67. The van der Waals surface area contributed by atoms with Crippen LogP contribution in [0.2, 0.25) is 0 Å². The first-order valence-corrected chi connectivity index (χ1v) is 2.97. The molecule has 0 fully saturated rings. The van der Waals surface area contributed by atoms with E-state index in [9.17, 15) is 4.39 Å². The smallest absolute Gasteiger partial charge is 0.0894 e. The fourth-order valence-corrected chi connectivity index (χ4v) is 0.521. The summed E-state index contributed by atoms with van der Waals surface area (Å²) in [6.07, 6.45) is 2.61. The van der Waals surface area contributed by atoms with Gasteiger partial charge < -0.3 is 0 Å². The summed E-state index contributed by atoms with van der Waals surface area (Å²) in [6, 6.07) is 0. The number of unbranched alkanes of at least 4 members (excludes halogenated alkanes) is 1. The summed E-state index contributed by atoms with van der Waals surface area (Å²) in [5.41, 5.74) is 1.15. The maximum atomic E-state index is 11.4. The van der Waals surface area contributed by atoms with Crippen LogP contribution in [0.15, 0.2) is 12.2 Å². The van der Waals surface area contributed by atoms with Crippen LogP contribution in [0.5, 0.6) is 0 Å². The first kappa shape index (κ1) is 7.67. The molecule has 0 saturated carbocycles. The van der Waals surface area contributed by atoms with Crippen LogP contribution in [0, 0.1) is 0 Å². The highest BCUT2D eigenvalue weighted by atomic mass is 19.1. The highest BCUT2D eigenvalue weighted by molar-refractivity contribution is 4.86. The van der Waals surface area contributed by atoms with Gasteiger partial charge in [0.2, 0.25) is 0 Å². The molecule has 0 heterocycles. The summed E-state index contributed by atoms with van der Waals surface area (Å²) in [4.78, 5) is 0. The average molecular weight is 116 g/mol.